The molecule has 2 N–H and O–H groups in total. The second-order valence-corrected chi connectivity index (χ2v) is 4.31. The standard InChI is InChI=1S/C14H18O4/c1-2-3-4-5-10-6-8-11(9-7-10)12(13(15)16)14(17)18/h6-9,12H,2-5H2,1H3,(H,15,16)(H,17,18). The highest BCUT2D eigenvalue weighted by molar-refractivity contribution is 5.98. The van der Waals surface area contributed by atoms with E-state index in [4.69, 9.17) is 10.2 Å². The molecular weight excluding hydrogens is 232 g/mol. The summed E-state index contributed by atoms with van der Waals surface area (Å²) in [6, 6.07) is 6.80. The molecule has 0 atom stereocenters. The number of aliphatic carboxylic acids is 2. The molecule has 0 bridgehead atoms. The fourth-order valence-electron chi connectivity index (χ4n) is 1.85. The number of aryl methyl sites for hydroxylation is 1. The summed E-state index contributed by atoms with van der Waals surface area (Å²) in [5, 5.41) is 17.7. The Morgan fingerprint density at radius 3 is 2.06 bits per heavy atom. The van der Waals surface area contributed by atoms with Gasteiger partial charge in [0.05, 0.1) is 0 Å². The van der Waals surface area contributed by atoms with Crippen LogP contribution in [0.5, 0.6) is 0 Å². The predicted molar refractivity (Wildman–Crippen MR) is 67.7 cm³/mol. The normalized spacial score (nSPS) is 10.6. The molecule has 0 amide bonds. The van der Waals surface area contributed by atoms with E-state index in [1.54, 1.807) is 12.1 Å². The van der Waals surface area contributed by atoms with Gasteiger partial charge in [-0.25, -0.2) is 0 Å². The van der Waals surface area contributed by atoms with Crippen LogP contribution in [0.1, 0.15) is 43.2 Å². The Hall–Kier alpha value is -1.84. The van der Waals surface area contributed by atoms with Gasteiger partial charge in [0.1, 0.15) is 0 Å². The molecule has 0 fully saturated rings. The molecule has 0 heterocycles. The van der Waals surface area contributed by atoms with Crippen molar-refractivity contribution in [2.24, 2.45) is 0 Å². The fraction of sp³-hybridized carbons (Fsp3) is 0.429. The quantitative estimate of drug-likeness (QED) is 0.576. The van der Waals surface area contributed by atoms with E-state index in [1.165, 1.54) is 0 Å². The number of hydrogen-bond donors (Lipinski definition) is 2. The van der Waals surface area contributed by atoms with Crippen molar-refractivity contribution in [3.05, 3.63) is 35.4 Å². The number of carboxylic acid groups (broad SMARTS) is 2. The SMILES string of the molecule is CCCCCc1ccc(C(C(=O)O)C(=O)O)cc1. The molecule has 0 aliphatic rings. The van der Waals surface area contributed by atoms with E-state index >= 15 is 0 Å². The Labute approximate surface area is 106 Å². The zero-order valence-electron chi connectivity index (χ0n) is 10.4. The van der Waals surface area contributed by atoms with E-state index in [0.717, 1.165) is 31.2 Å². The van der Waals surface area contributed by atoms with Gasteiger partial charge in [0, 0.05) is 0 Å². The van der Waals surface area contributed by atoms with Crippen molar-refractivity contribution >= 4 is 11.9 Å². The number of hydrogen-bond acceptors (Lipinski definition) is 2. The minimum absolute atomic E-state index is 0.314. The first kappa shape index (κ1) is 14.2. The topological polar surface area (TPSA) is 74.6 Å². The first-order valence-corrected chi connectivity index (χ1v) is 6.10. The number of benzene rings is 1. The van der Waals surface area contributed by atoms with Crippen LogP contribution in [0.2, 0.25) is 0 Å². The third-order valence-corrected chi connectivity index (χ3v) is 2.88. The molecule has 4 nitrogen and oxygen atoms in total. The molecule has 1 aromatic rings. The van der Waals surface area contributed by atoms with Gasteiger partial charge in [-0.1, -0.05) is 44.0 Å². The Morgan fingerprint density at radius 1 is 1.06 bits per heavy atom. The van der Waals surface area contributed by atoms with Crippen LogP contribution in [0.3, 0.4) is 0 Å². The van der Waals surface area contributed by atoms with Crippen LogP contribution < -0.4 is 0 Å². The summed E-state index contributed by atoms with van der Waals surface area (Å²) in [5.41, 5.74) is 1.43. The van der Waals surface area contributed by atoms with Crippen molar-refractivity contribution in [3.63, 3.8) is 0 Å². The van der Waals surface area contributed by atoms with Gasteiger partial charge in [-0.2, -0.15) is 0 Å². The lowest BCUT2D eigenvalue weighted by Crippen LogP contribution is -2.20. The molecule has 0 aliphatic heterocycles. The third kappa shape index (κ3) is 3.87. The monoisotopic (exact) mass is 250 g/mol. The summed E-state index contributed by atoms with van der Waals surface area (Å²) in [5.74, 6) is -4.14. The van der Waals surface area contributed by atoms with Crippen molar-refractivity contribution in [3.8, 4) is 0 Å². The third-order valence-electron chi connectivity index (χ3n) is 2.88. The molecule has 0 aliphatic carbocycles. The maximum absolute atomic E-state index is 10.9. The molecule has 0 radical (unpaired) electrons. The number of unbranched alkanes of at least 4 members (excludes halogenated alkanes) is 2. The number of rotatable bonds is 7. The Bertz CT molecular complexity index is 394. The molecule has 1 aromatic carbocycles. The summed E-state index contributed by atoms with van der Waals surface area (Å²) < 4.78 is 0. The van der Waals surface area contributed by atoms with Crippen molar-refractivity contribution in [1.29, 1.82) is 0 Å². The molecule has 18 heavy (non-hydrogen) atoms. The van der Waals surface area contributed by atoms with E-state index in [2.05, 4.69) is 6.92 Å². The van der Waals surface area contributed by atoms with E-state index < -0.39 is 17.9 Å². The highest BCUT2D eigenvalue weighted by Gasteiger charge is 2.27. The summed E-state index contributed by atoms with van der Waals surface area (Å²) in [6.07, 6.45) is 4.35. The van der Waals surface area contributed by atoms with Gasteiger partial charge in [0.25, 0.3) is 0 Å². The summed E-state index contributed by atoms with van der Waals surface area (Å²) in [6.45, 7) is 2.13. The maximum atomic E-state index is 10.9. The number of carbonyl (C=O) groups is 2. The van der Waals surface area contributed by atoms with Crippen molar-refractivity contribution < 1.29 is 19.8 Å². The molecule has 1 rings (SSSR count). The second kappa shape index (κ2) is 6.79. The second-order valence-electron chi connectivity index (χ2n) is 4.31. The Balaban J connectivity index is 2.74. The van der Waals surface area contributed by atoms with Crippen LogP contribution in [0.15, 0.2) is 24.3 Å². The van der Waals surface area contributed by atoms with E-state index in [9.17, 15) is 9.59 Å². The van der Waals surface area contributed by atoms with Crippen LogP contribution in [0.25, 0.3) is 0 Å². The lowest BCUT2D eigenvalue weighted by Gasteiger charge is -2.08. The van der Waals surface area contributed by atoms with Crippen LogP contribution in [-0.4, -0.2) is 22.2 Å². The van der Waals surface area contributed by atoms with Gasteiger partial charge in [0.15, 0.2) is 5.92 Å². The van der Waals surface area contributed by atoms with Crippen LogP contribution >= 0.6 is 0 Å². The highest BCUT2D eigenvalue weighted by Crippen LogP contribution is 2.18. The first-order valence-electron chi connectivity index (χ1n) is 6.10. The Kier molecular flexibility index (Phi) is 5.36. The lowest BCUT2D eigenvalue weighted by molar-refractivity contribution is -0.150. The van der Waals surface area contributed by atoms with Gasteiger partial charge in [-0.05, 0) is 24.0 Å². The molecular formula is C14H18O4. The zero-order chi connectivity index (χ0) is 13.5. The molecule has 4 heteroatoms. The van der Waals surface area contributed by atoms with Crippen molar-refractivity contribution in [2.45, 2.75) is 38.5 Å². The molecule has 0 unspecified atom stereocenters. The van der Waals surface area contributed by atoms with Gasteiger partial charge in [0.2, 0.25) is 0 Å². The molecule has 98 valence electrons. The van der Waals surface area contributed by atoms with Crippen LogP contribution in [-0.2, 0) is 16.0 Å². The minimum atomic E-state index is -1.48. The smallest absolute Gasteiger partial charge is 0.322 e. The van der Waals surface area contributed by atoms with Crippen molar-refractivity contribution in [2.75, 3.05) is 0 Å². The Morgan fingerprint density at radius 2 is 1.61 bits per heavy atom. The summed E-state index contributed by atoms with van der Waals surface area (Å²) >= 11 is 0. The molecule has 0 saturated heterocycles. The van der Waals surface area contributed by atoms with Crippen LogP contribution in [0, 0.1) is 0 Å². The molecule has 0 spiro atoms. The predicted octanol–water partition coefficient (Wildman–Crippen LogP) is 2.67. The largest absolute Gasteiger partial charge is 0.480 e. The molecule has 0 aromatic heterocycles. The number of carboxylic acids is 2. The van der Waals surface area contributed by atoms with E-state index in [0.29, 0.717) is 5.56 Å². The fourth-order valence-corrected chi connectivity index (χ4v) is 1.85. The van der Waals surface area contributed by atoms with Gasteiger partial charge in [-0.15, -0.1) is 0 Å². The average Bonchev–Trinajstić information content (AvgIpc) is 2.30. The van der Waals surface area contributed by atoms with Gasteiger partial charge >= 0.3 is 11.9 Å². The van der Waals surface area contributed by atoms with Gasteiger partial charge < -0.3 is 10.2 Å². The average molecular weight is 250 g/mol. The lowest BCUT2D eigenvalue weighted by atomic mass is 9.97. The highest BCUT2D eigenvalue weighted by atomic mass is 16.4. The molecule has 0 saturated carbocycles. The first-order chi connectivity index (χ1) is 8.56. The summed E-state index contributed by atoms with van der Waals surface area (Å²) in [4.78, 5) is 21.7. The zero-order valence-corrected chi connectivity index (χ0v) is 10.4. The van der Waals surface area contributed by atoms with E-state index in [-0.39, 0.29) is 0 Å². The van der Waals surface area contributed by atoms with Crippen molar-refractivity contribution in [1.82, 2.24) is 0 Å². The van der Waals surface area contributed by atoms with E-state index in [1.807, 2.05) is 12.1 Å². The maximum Gasteiger partial charge on any atom is 0.322 e. The van der Waals surface area contributed by atoms with Crippen LogP contribution in [0.4, 0.5) is 0 Å². The van der Waals surface area contributed by atoms with Gasteiger partial charge in [-0.3, -0.25) is 9.59 Å². The minimum Gasteiger partial charge on any atom is -0.480 e. The summed E-state index contributed by atoms with van der Waals surface area (Å²) in [7, 11) is 0.